The third kappa shape index (κ3) is 4.66. The predicted molar refractivity (Wildman–Crippen MR) is 102 cm³/mol. The zero-order valence-electron chi connectivity index (χ0n) is 13.3. The fourth-order valence-corrected chi connectivity index (χ4v) is 2.77. The Hall–Kier alpha value is -2.85. The highest BCUT2D eigenvalue weighted by atomic mass is 79.9. The number of rotatable bonds is 5. The molecule has 0 aliphatic rings. The number of amides is 2. The lowest BCUT2D eigenvalue weighted by Crippen LogP contribution is -2.14. The fourth-order valence-electron chi connectivity index (χ4n) is 2.15. The topological polar surface area (TPSA) is 122 Å². The summed E-state index contributed by atoms with van der Waals surface area (Å²) in [4.78, 5) is 35.7. The third-order valence-electron chi connectivity index (χ3n) is 3.29. The van der Waals surface area contributed by atoms with Crippen LogP contribution in [0.1, 0.15) is 31.5 Å². The highest BCUT2D eigenvalue weighted by molar-refractivity contribution is 9.10. The maximum Gasteiger partial charge on any atom is 0.335 e. The van der Waals surface area contributed by atoms with Gasteiger partial charge >= 0.3 is 5.97 Å². The molecule has 0 saturated heterocycles. The summed E-state index contributed by atoms with van der Waals surface area (Å²) in [7, 11) is 0. The summed E-state index contributed by atoms with van der Waals surface area (Å²) in [5.41, 5.74) is 0.219. The Kier molecular flexibility index (Phi) is 5.47. The molecule has 0 spiro atoms. The molecule has 0 atom stereocenters. The van der Waals surface area contributed by atoms with Gasteiger partial charge in [0.05, 0.1) is 5.56 Å². The number of benzene rings is 1. The first-order valence-electron chi connectivity index (χ1n) is 7.33. The Morgan fingerprint density at radius 3 is 1.56 bits per heavy atom. The van der Waals surface area contributed by atoms with Gasteiger partial charge in [-0.15, -0.1) is 0 Å². The minimum Gasteiger partial charge on any atom is -0.478 e. The number of aromatic carboxylic acids is 1. The number of carboxylic acid groups (broad SMARTS) is 1. The second kappa shape index (κ2) is 7.80. The van der Waals surface area contributed by atoms with Crippen molar-refractivity contribution in [2.75, 3.05) is 10.6 Å². The molecular weight excluding hydrogens is 488 g/mol. The minimum atomic E-state index is -1.22. The van der Waals surface area contributed by atoms with E-state index >= 15 is 0 Å². The van der Waals surface area contributed by atoms with Crippen molar-refractivity contribution in [2.24, 2.45) is 0 Å². The van der Waals surface area contributed by atoms with Gasteiger partial charge in [0.15, 0.2) is 20.9 Å². The van der Waals surface area contributed by atoms with E-state index in [9.17, 15) is 19.5 Å². The van der Waals surface area contributed by atoms with E-state index < -0.39 is 17.8 Å². The van der Waals surface area contributed by atoms with Crippen LogP contribution in [-0.4, -0.2) is 22.9 Å². The van der Waals surface area contributed by atoms with Gasteiger partial charge in [0.25, 0.3) is 11.8 Å². The number of nitrogens with one attached hydrogen (secondary N) is 2. The van der Waals surface area contributed by atoms with Gasteiger partial charge in [-0.25, -0.2) is 4.79 Å². The molecule has 3 rings (SSSR count). The van der Waals surface area contributed by atoms with Crippen LogP contribution in [-0.2, 0) is 0 Å². The van der Waals surface area contributed by atoms with E-state index in [0.717, 1.165) is 0 Å². The molecule has 0 aliphatic heterocycles. The van der Waals surface area contributed by atoms with E-state index in [1.54, 1.807) is 12.1 Å². The van der Waals surface area contributed by atoms with Gasteiger partial charge in [-0.3, -0.25) is 9.59 Å². The van der Waals surface area contributed by atoms with E-state index in [1.165, 1.54) is 30.3 Å². The molecule has 3 N–H and O–H groups in total. The van der Waals surface area contributed by atoms with Crippen LogP contribution in [0.2, 0.25) is 0 Å². The highest BCUT2D eigenvalue weighted by Crippen LogP contribution is 2.23. The molecule has 0 saturated carbocycles. The first kappa shape index (κ1) is 18.9. The molecule has 3 aromatic rings. The first-order chi connectivity index (χ1) is 12.8. The van der Waals surface area contributed by atoms with E-state index in [2.05, 4.69) is 42.5 Å². The number of hydrogen-bond donors (Lipinski definition) is 3. The van der Waals surface area contributed by atoms with E-state index in [-0.39, 0.29) is 28.5 Å². The molecule has 10 heteroatoms. The zero-order valence-corrected chi connectivity index (χ0v) is 16.5. The van der Waals surface area contributed by atoms with Gasteiger partial charge in [0.2, 0.25) is 0 Å². The lowest BCUT2D eigenvalue weighted by Gasteiger charge is -2.09. The SMILES string of the molecule is O=C(O)c1cc(NC(=O)c2ccc(Br)o2)cc(NC(=O)c2ccc(Br)o2)c1. The maximum absolute atomic E-state index is 12.2. The van der Waals surface area contributed by atoms with Crippen molar-refractivity contribution >= 4 is 61.0 Å². The predicted octanol–water partition coefficient (Wildman–Crippen LogP) is 4.60. The molecule has 8 nitrogen and oxygen atoms in total. The molecule has 2 heterocycles. The lowest BCUT2D eigenvalue weighted by atomic mass is 10.1. The van der Waals surface area contributed by atoms with Crippen LogP contribution in [0.15, 0.2) is 60.6 Å². The van der Waals surface area contributed by atoms with Gasteiger partial charge in [-0.1, -0.05) is 0 Å². The van der Waals surface area contributed by atoms with Crippen molar-refractivity contribution in [3.8, 4) is 0 Å². The van der Waals surface area contributed by atoms with Crippen molar-refractivity contribution in [3.05, 3.63) is 68.9 Å². The molecule has 2 aromatic heterocycles. The number of carbonyl (C=O) groups is 3. The monoisotopic (exact) mass is 496 g/mol. The Morgan fingerprint density at radius 1 is 0.778 bits per heavy atom. The first-order valence-corrected chi connectivity index (χ1v) is 8.92. The Morgan fingerprint density at radius 2 is 1.22 bits per heavy atom. The minimum absolute atomic E-state index is 0.0358. The Labute approximate surface area is 168 Å². The van der Waals surface area contributed by atoms with E-state index in [4.69, 9.17) is 8.83 Å². The molecular formula is C17H10Br2N2O6. The summed E-state index contributed by atoms with van der Waals surface area (Å²) in [5.74, 6) is -2.30. The Bertz CT molecular complexity index is 967. The number of carboxylic acids is 1. The van der Waals surface area contributed by atoms with E-state index in [0.29, 0.717) is 9.34 Å². The van der Waals surface area contributed by atoms with Crippen molar-refractivity contribution in [1.29, 1.82) is 0 Å². The largest absolute Gasteiger partial charge is 0.478 e. The smallest absolute Gasteiger partial charge is 0.335 e. The number of furan rings is 2. The van der Waals surface area contributed by atoms with Crippen molar-refractivity contribution in [1.82, 2.24) is 0 Å². The molecule has 1 aromatic carbocycles. The summed E-state index contributed by atoms with van der Waals surface area (Å²) in [6.07, 6.45) is 0. The normalized spacial score (nSPS) is 10.4. The lowest BCUT2D eigenvalue weighted by molar-refractivity contribution is 0.0696. The summed E-state index contributed by atoms with van der Waals surface area (Å²) in [6.45, 7) is 0. The van der Waals surface area contributed by atoms with Gasteiger partial charge in [-0.05, 0) is 74.3 Å². The quantitative estimate of drug-likeness (QED) is 0.473. The van der Waals surface area contributed by atoms with Gasteiger partial charge in [0.1, 0.15) is 0 Å². The van der Waals surface area contributed by atoms with Crippen LogP contribution >= 0.6 is 31.9 Å². The van der Waals surface area contributed by atoms with Crippen LogP contribution in [0, 0.1) is 0 Å². The summed E-state index contributed by atoms with van der Waals surface area (Å²) in [5, 5.41) is 14.3. The van der Waals surface area contributed by atoms with Crippen LogP contribution < -0.4 is 10.6 Å². The van der Waals surface area contributed by atoms with Crippen LogP contribution in [0.25, 0.3) is 0 Å². The molecule has 0 fully saturated rings. The molecule has 138 valence electrons. The maximum atomic E-state index is 12.2. The molecule has 0 radical (unpaired) electrons. The summed E-state index contributed by atoms with van der Waals surface area (Å²) < 4.78 is 11.1. The molecule has 0 bridgehead atoms. The average molecular weight is 498 g/mol. The van der Waals surface area contributed by atoms with E-state index in [1.807, 2.05) is 0 Å². The van der Waals surface area contributed by atoms with Crippen molar-refractivity contribution < 1.29 is 28.3 Å². The summed E-state index contributed by atoms with van der Waals surface area (Å²) >= 11 is 6.19. The second-order valence-corrected chi connectivity index (χ2v) is 6.78. The number of carbonyl (C=O) groups excluding carboxylic acids is 2. The van der Waals surface area contributed by atoms with Gasteiger partial charge in [-0.2, -0.15) is 0 Å². The van der Waals surface area contributed by atoms with Crippen LogP contribution in [0.5, 0.6) is 0 Å². The van der Waals surface area contributed by atoms with Crippen LogP contribution in [0.4, 0.5) is 11.4 Å². The molecule has 0 unspecified atom stereocenters. The average Bonchev–Trinajstić information content (AvgIpc) is 3.23. The van der Waals surface area contributed by atoms with Gasteiger partial charge in [0, 0.05) is 11.4 Å². The van der Waals surface area contributed by atoms with Crippen LogP contribution in [0.3, 0.4) is 0 Å². The summed E-state index contributed by atoms with van der Waals surface area (Å²) in [6, 6.07) is 9.95. The zero-order chi connectivity index (χ0) is 19.6. The Balaban J connectivity index is 1.85. The molecule has 27 heavy (non-hydrogen) atoms. The number of hydrogen-bond acceptors (Lipinski definition) is 5. The second-order valence-electron chi connectivity index (χ2n) is 5.22. The van der Waals surface area contributed by atoms with Gasteiger partial charge < -0.3 is 24.6 Å². The van der Waals surface area contributed by atoms with Crippen molar-refractivity contribution in [3.63, 3.8) is 0 Å². The molecule has 2 amide bonds. The number of anilines is 2. The standard InChI is InChI=1S/C17H10Br2N2O6/c18-13-3-1-11(26-13)15(22)20-9-5-8(17(24)25)6-10(7-9)21-16(23)12-2-4-14(19)27-12/h1-7H,(H,20,22)(H,21,23)(H,24,25). The highest BCUT2D eigenvalue weighted by Gasteiger charge is 2.16. The third-order valence-corrected chi connectivity index (χ3v) is 4.14. The number of halogens is 2. The fraction of sp³-hybridized carbons (Fsp3) is 0. The van der Waals surface area contributed by atoms with Crippen molar-refractivity contribution in [2.45, 2.75) is 0 Å². The molecule has 0 aliphatic carbocycles.